The number of para-hydroxylation sites is 1. The molecule has 25 heavy (non-hydrogen) atoms. The lowest BCUT2D eigenvalue weighted by Gasteiger charge is -2.27. The van der Waals surface area contributed by atoms with Crippen molar-refractivity contribution in [1.29, 1.82) is 0 Å². The third kappa shape index (κ3) is 2.97. The average Bonchev–Trinajstić information content (AvgIpc) is 3.13. The smallest absolute Gasteiger partial charge is 0.200 e. The van der Waals surface area contributed by atoms with E-state index in [1.165, 1.54) is 5.56 Å². The summed E-state index contributed by atoms with van der Waals surface area (Å²) in [6.07, 6.45) is 3.45. The Bertz CT molecular complexity index is 892. The van der Waals surface area contributed by atoms with Crippen LogP contribution in [-0.4, -0.2) is 40.1 Å². The Hall–Kier alpha value is -2.83. The van der Waals surface area contributed by atoms with Gasteiger partial charge in [-0.15, -0.1) is 10.2 Å². The number of nitrogens with one attached hydrogen (secondary N) is 1. The van der Waals surface area contributed by atoms with Gasteiger partial charge in [0.2, 0.25) is 5.65 Å². The molecule has 0 radical (unpaired) electrons. The highest BCUT2D eigenvalue weighted by atomic mass is 16.5. The van der Waals surface area contributed by atoms with E-state index in [2.05, 4.69) is 33.6 Å². The fourth-order valence-electron chi connectivity index (χ4n) is 3.18. The van der Waals surface area contributed by atoms with Gasteiger partial charge in [0, 0.05) is 12.5 Å². The van der Waals surface area contributed by atoms with Gasteiger partial charge >= 0.3 is 0 Å². The van der Waals surface area contributed by atoms with Crippen LogP contribution in [0.2, 0.25) is 0 Å². The van der Waals surface area contributed by atoms with E-state index in [1.54, 1.807) is 18.0 Å². The highest BCUT2D eigenvalue weighted by Crippen LogP contribution is 2.36. The maximum Gasteiger partial charge on any atom is 0.200 e. The summed E-state index contributed by atoms with van der Waals surface area (Å²) in [5.41, 5.74) is 3.90. The molecule has 1 unspecified atom stereocenters. The van der Waals surface area contributed by atoms with Crippen molar-refractivity contribution in [2.45, 2.75) is 19.8 Å². The number of fused-ring (bicyclic) bond motifs is 2. The largest absolute Gasteiger partial charge is 0.493 e. The first-order valence-corrected chi connectivity index (χ1v) is 8.51. The Morgan fingerprint density at radius 1 is 1.40 bits per heavy atom. The van der Waals surface area contributed by atoms with Gasteiger partial charge in [0.1, 0.15) is 6.33 Å². The lowest BCUT2D eigenvalue weighted by molar-refractivity contribution is 0.218. The molecule has 0 aliphatic carbocycles. The van der Waals surface area contributed by atoms with Crippen LogP contribution < -0.4 is 14.8 Å². The van der Waals surface area contributed by atoms with Crippen LogP contribution in [0.4, 0.5) is 5.69 Å². The van der Waals surface area contributed by atoms with Gasteiger partial charge in [0.25, 0.3) is 0 Å². The van der Waals surface area contributed by atoms with E-state index < -0.39 is 0 Å². The summed E-state index contributed by atoms with van der Waals surface area (Å²) < 4.78 is 13.1. The van der Waals surface area contributed by atoms with Crippen LogP contribution in [0.3, 0.4) is 0 Å². The summed E-state index contributed by atoms with van der Waals surface area (Å²) in [6.45, 7) is 3.54. The molecular weight excluding hydrogens is 318 g/mol. The van der Waals surface area contributed by atoms with Crippen molar-refractivity contribution in [1.82, 2.24) is 19.8 Å². The highest BCUT2D eigenvalue weighted by Gasteiger charge is 2.23. The molecule has 2 aromatic heterocycles. The number of aryl methyl sites for hydroxylation is 1. The second-order valence-corrected chi connectivity index (χ2v) is 6.21. The van der Waals surface area contributed by atoms with E-state index in [0.29, 0.717) is 12.5 Å². The number of methoxy groups -OCH3 is 1. The van der Waals surface area contributed by atoms with Crippen LogP contribution in [0.15, 0.2) is 30.6 Å². The fourth-order valence-corrected chi connectivity index (χ4v) is 3.18. The summed E-state index contributed by atoms with van der Waals surface area (Å²) in [7, 11) is 1.67. The molecule has 0 saturated carbocycles. The topological polar surface area (TPSA) is 73.6 Å². The summed E-state index contributed by atoms with van der Waals surface area (Å²) >= 11 is 0. The van der Waals surface area contributed by atoms with Crippen molar-refractivity contribution in [2.75, 3.05) is 25.6 Å². The Labute approximate surface area is 146 Å². The van der Waals surface area contributed by atoms with E-state index in [1.807, 2.05) is 18.2 Å². The van der Waals surface area contributed by atoms with Crippen molar-refractivity contribution in [3.05, 3.63) is 41.9 Å². The van der Waals surface area contributed by atoms with Crippen molar-refractivity contribution in [3.8, 4) is 11.5 Å². The van der Waals surface area contributed by atoms with Crippen molar-refractivity contribution in [3.63, 3.8) is 0 Å². The third-order valence-corrected chi connectivity index (χ3v) is 4.51. The maximum absolute atomic E-state index is 5.95. The van der Waals surface area contributed by atoms with Gasteiger partial charge in [-0.05, 0) is 30.5 Å². The first kappa shape index (κ1) is 15.7. The second-order valence-electron chi connectivity index (χ2n) is 6.21. The van der Waals surface area contributed by atoms with Gasteiger partial charge in [0.05, 0.1) is 25.1 Å². The number of nitrogens with zero attached hydrogens (tertiary/aromatic N) is 4. The number of hydrogen-bond donors (Lipinski definition) is 1. The number of hydrogen-bond acceptors (Lipinski definition) is 6. The molecule has 0 spiro atoms. The summed E-state index contributed by atoms with van der Waals surface area (Å²) in [5, 5.41) is 16.1. The van der Waals surface area contributed by atoms with Crippen LogP contribution in [-0.2, 0) is 12.8 Å². The number of anilines is 1. The van der Waals surface area contributed by atoms with Crippen molar-refractivity contribution >= 4 is 11.3 Å². The summed E-state index contributed by atoms with van der Waals surface area (Å²) in [4.78, 5) is 0. The predicted molar refractivity (Wildman–Crippen MR) is 94.3 cm³/mol. The third-order valence-electron chi connectivity index (χ3n) is 4.51. The average molecular weight is 339 g/mol. The normalized spacial score (nSPS) is 16.3. The van der Waals surface area contributed by atoms with Crippen molar-refractivity contribution in [2.24, 2.45) is 5.92 Å². The molecule has 130 valence electrons. The molecule has 0 amide bonds. The van der Waals surface area contributed by atoms with Gasteiger partial charge in [-0.25, -0.2) is 0 Å². The van der Waals surface area contributed by atoms with Crippen LogP contribution in [0.25, 0.3) is 5.65 Å². The predicted octanol–water partition coefficient (Wildman–Crippen LogP) is 2.36. The molecule has 4 rings (SSSR count). The van der Waals surface area contributed by atoms with E-state index in [-0.39, 0.29) is 0 Å². The highest BCUT2D eigenvalue weighted by molar-refractivity contribution is 5.66. The lowest BCUT2D eigenvalue weighted by Crippen LogP contribution is -2.27. The van der Waals surface area contributed by atoms with Gasteiger partial charge in [-0.1, -0.05) is 19.1 Å². The Morgan fingerprint density at radius 2 is 2.32 bits per heavy atom. The minimum absolute atomic E-state index is 0.376. The number of rotatable bonds is 5. The van der Waals surface area contributed by atoms with Crippen LogP contribution in [0.5, 0.6) is 11.5 Å². The molecule has 3 heterocycles. The minimum Gasteiger partial charge on any atom is -0.493 e. The molecular formula is C18H21N5O2. The number of benzene rings is 1. The monoisotopic (exact) mass is 339 g/mol. The molecule has 7 heteroatoms. The van der Waals surface area contributed by atoms with E-state index >= 15 is 0 Å². The van der Waals surface area contributed by atoms with Crippen molar-refractivity contribution < 1.29 is 9.47 Å². The lowest BCUT2D eigenvalue weighted by atomic mass is 9.96. The van der Waals surface area contributed by atoms with Crippen LogP contribution >= 0.6 is 0 Å². The van der Waals surface area contributed by atoms with E-state index in [9.17, 15) is 0 Å². The number of ether oxygens (including phenoxy) is 2. The van der Waals surface area contributed by atoms with Gasteiger partial charge in [0.15, 0.2) is 11.5 Å². The fraction of sp³-hybridized carbons (Fsp3) is 0.389. The minimum atomic E-state index is 0.376. The Kier molecular flexibility index (Phi) is 4.13. The Morgan fingerprint density at radius 3 is 3.16 bits per heavy atom. The molecule has 7 nitrogen and oxygen atoms in total. The quantitative estimate of drug-likeness (QED) is 0.769. The standard InChI is InChI=1S/C18H21N5O2/c1-3-14-8-15(18-21-20-11-23(18)22-14)19-9-12-7-13-5-4-6-16(24-2)17(13)25-10-12/h4-6,8,11-12,19H,3,7,9-10H2,1-2H3. The first-order chi connectivity index (χ1) is 12.3. The first-order valence-electron chi connectivity index (χ1n) is 8.51. The molecule has 1 aromatic carbocycles. The molecule has 0 fully saturated rings. The van der Waals surface area contributed by atoms with E-state index in [0.717, 1.165) is 47.9 Å². The van der Waals surface area contributed by atoms with Crippen LogP contribution in [0, 0.1) is 5.92 Å². The molecule has 1 aliphatic heterocycles. The number of aromatic nitrogens is 4. The Balaban J connectivity index is 1.50. The molecule has 0 saturated heterocycles. The maximum atomic E-state index is 5.95. The molecule has 1 N–H and O–H groups in total. The SMILES string of the molecule is CCc1cc(NCC2COc3c(cccc3OC)C2)c2nncn2n1. The van der Waals surface area contributed by atoms with Gasteiger partial charge < -0.3 is 14.8 Å². The zero-order valence-electron chi connectivity index (χ0n) is 14.4. The molecule has 0 bridgehead atoms. The molecule has 3 aromatic rings. The molecule has 1 atom stereocenters. The van der Waals surface area contributed by atoms with Gasteiger partial charge in [-0.3, -0.25) is 0 Å². The molecule has 1 aliphatic rings. The van der Waals surface area contributed by atoms with Gasteiger partial charge in [-0.2, -0.15) is 9.61 Å². The summed E-state index contributed by atoms with van der Waals surface area (Å²) in [5.74, 6) is 2.05. The van der Waals surface area contributed by atoms with Crippen LogP contribution in [0.1, 0.15) is 18.2 Å². The zero-order valence-corrected chi connectivity index (χ0v) is 14.4. The zero-order chi connectivity index (χ0) is 17.2. The van der Waals surface area contributed by atoms with E-state index in [4.69, 9.17) is 9.47 Å². The second kappa shape index (κ2) is 6.58. The summed E-state index contributed by atoms with van der Waals surface area (Å²) in [6, 6.07) is 8.09.